The van der Waals surface area contributed by atoms with Gasteiger partial charge in [0.25, 0.3) is 5.91 Å². The van der Waals surface area contributed by atoms with Crippen molar-refractivity contribution in [2.45, 2.75) is 13.3 Å². The van der Waals surface area contributed by atoms with Crippen molar-refractivity contribution in [2.24, 2.45) is 5.10 Å². The molecule has 0 atom stereocenters. The van der Waals surface area contributed by atoms with Crippen LogP contribution in [-0.4, -0.2) is 25.8 Å². The maximum atomic E-state index is 12.3. The largest absolute Gasteiger partial charge is 0.497 e. The van der Waals surface area contributed by atoms with Crippen LogP contribution >= 0.6 is 0 Å². The van der Waals surface area contributed by atoms with Gasteiger partial charge in [0.05, 0.1) is 19.9 Å². The number of nitrogens with zero attached hydrogens (tertiary/aromatic N) is 1. The number of hydrazone groups is 1. The highest BCUT2D eigenvalue weighted by atomic mass is 16.5. The number of amides is 1. The Hall–Kier alpha value is -3.34. The van der Waals surface area contributed by atoms with Crippen molar-refractivity contribution in [1.29, 1.82) is 0 Å². The van der Waals surface area contributed by atoms with E-state index in [0.29, 0.717) is 17.9 Å². The second-order valence-corrected chi connectivity index (χ2v) is 5.97. The standard InChI is InChI=1S/C22H22N2O3/c1-3-14-27-21-13-10-16-6-4-5-7-19(16)20(21)15-23-24-22(25)17-8-11-18(26-2)12-9-17/h4-13,15H,3,14H2,1-2H3,(H,24,25)/b23-15+. The molecule has 0 aromatic heterocycles. The third-order valence-corrected chi connectivity index (χ3v) is 4.10. The van der Waals surface area contributed by atoms with E-state index in [4.69, 9.17) is 9.47 Å². The van der Waals surface area contributed by atoms with Gasteiger partial charge in [-0.1, -0.05) is 37.3 Å². The molecule has 5 nitrogen and oxygen atoms in total. The maximum absolute atomic E-state index is 12.3. The summed E-state index contributed by atoms with van der Waals surface area (Å²) in [6, 6.07) is 18.8. The van der Waals surface area contributed by atoms with E-state index in [9.17, 15) is 4.79 Å². The number of benzene rings is 3. The zero-order chi connectivity index (χ0) is 19.1. The third kappa shape index (κ3) is 4.44. The summed E-state index contributed by atoms with van der Waals surface area (Å²) in [5.41, 5.74) is 3.92. The highest BCUT2D eigenvalue weighted by molar-refractivity contribution is 6.03. The predicted octanol–water partition coefficient (Wildman–Crippen LogP) is 4.40. The SMILES string of the molecule is CCCOc1ccc2ccccc2c1/C=N/NC(=O)c1ccc(OC)cc1. The summed E-state index contributed by atoms with van der Waals surface area (Å²) >= 11 is 0. The monoisotopic (exact) mass is 362 g/mol. The topological polar surface area (TPSA) is 59.9 Å². The first-order valence-electron chi connectivity index (χ1n) is 8.85. The van der Waals surface area contributed by atoms with Crippen LogP contribution < -0.4 is 14.9 Å². The number of ether oxygens (including phenoxy) is 2. The van der Waals surface area contributed by atoms with E-state index in [0.717, 1.165) is 28.5 Å². The van der Waals surface area contributed by atoms with Gasteiger partial charge in [-0.15, -0.1) is 0 Å². The molecule has 0 aliphatic heterocycles. The highest BCUT2D eigenvalue weighted by Gasteiger charge is 2.08. The summed E-state index contributed by atoms with van der Waals surface area (Å²) in [4.78, 5) is 12.3. The summed E-state index contributed by atoms with van der Waals surface area (Å²) in [5, 5.41) is 6.25. The van der Waals surface area contributed by atoms with E-state index in [1.807, 2.05) is 36.4 Å². The van der Waals surface area contributed by atoms with E-state index < -0.39 is 0 Å². The van der Waals surface area contributed by atoms with Gasteiger partial charge in [0.15, 0.2) is 0 Å². The molecule has 138 valence electrons. The molecule has 1 amide bonds. The Balaban J connectivity index is 1.82. The molecule has 0 saturated carbocycles. The molecule has 3 aromatic carbocycles. The van der Waals surface area contributed by atoms with Crippen molar-refractivity contribution in [2.75, 3.05) is 13.7 Å². The van der Waals surface area contributed by atoms with Crippen molar-refractivity contribution in [3.8, 4) is 11.5 Å². The predicted molar refractivity (Wildman–Crippen MR) is 108 cm³/mol. The van der Waals surface area contributed by atoms with Gasteiger partial charge < -0.3 is 9.47 Å². The normalized spacial score (nSPS) is 10.9. The average Bonchev–Trinajstić information content (AvgIpc) is 2.72. The summed E-state index contributed by atoms with van der Waals surface area (Å²) in [6.07, 6.45) is 2.55. The quantitative estimate of drug-likeness (QED) is 0.500. The zero-order valence-corrected chi connectivity index (χ0v) is 15.4. The van der Waals surface area contributed by atoms with Crippen LogP contribution in [0.4, 0.5) is 0 Å². The minimum Gasteiger partial charge on any atom is -0.497 e. The number of nitrogens with one attached hydrogen (secondary N) is 1. The van der Waals surface area contributed by atoms with Crippen LogP contribution in [-0.2, 0) is 0 Å². The molecule has 0 bridgehead atoms. The Morgan fingerprint density at radius 2 is 1.85 bits per heavy atom. The van der Waals surface area contributed by atoms with Crippen LogP contribution in [0.1, 0.15) is 29.3 Å². The minimum absolute atomic E-state index is 0.287. The van der Waals surface area contributed by atoms with Gasteiger partial charge in [-0.05, 0) is 47.5 Å². The van der Waals surface area contributed by atoms with Crippen molar-refractivity contribution < 1.29 is 14.3 Å². The Kier molecular flexibility index (Phi) is 6.05. The Labute approximate surface area is 158 Å². The molecule has 0 spiro atoms. The van der Waals surface area contributed by atoms with Gasteiger partial charge in [0.1, 0.15) is 11.5 Å². The van der Waals surface area contributed by atoms with E-state index in [2.05, 4.69) is 17.5 Å². The molecule has 5 heteroatoms. The molecule has 0 radical (unpaired) electrons. The molecule has 0 unspecified atom stereocenters. The molecule has 0 saturated heterocycles. The number of hydrogen-bond donors (Lipinski definition) is 1. The lowest BCUT2D eigenvalue weighted by atomic mass is 10.0. The van der Waals surface area contributed by atoms with Crippen LogP contribution in [0, 0.1) is 0 Å². The molecule has 0 heterocycles. The molecular weight excluding hydrogens is 340 g/mol. The van der Waals surface area contributed by atoms with Gasteiger partial charge in [-0.2, -0.15) is 5.10 Å². The van der Waals surface area contributed by atoms with Crippen LogP contribution in [0.25, 0.3) is 10.8 Å². The molecule has 3 rings (SSSR count). The van der Waals surface area contributed by atoms with Crippen LogP contribution in [0.3, 0.4) is 0 Å². The number of carbonyl (C=O) groups excluding carboxylic acids is 1. The Morgan fingerprint density at radius 1 is 1.07 bits per heavy atom. The van der Waals surface area contributed by atoms with E-state index in [-0.39, 0.29) is 5.91 Å². The van der Waals surface area contributed by atoms with Crippen LogP contribution in [0.2, 0.25) is 0 Å². The third-order valence-electron chi connectivity index (χ3n) is 4.10. The maximum Gasteiger partial charge on any atom is 0.271 e. The zero-order valence-electron chi connectivity index (χ0n) is 15.4. The van der Waals surface area contributed by atoms with Gasteiger partial charge >= 0.3 is 0 Å². The van der Waals surface area contributed by atoms with Crippen molar-refractivity contribution in [1.82, 2.24) is 5.43 Å². The summed E-state index contributed by atoms with van der Waals surface area (Å²) < 4.78 is 10.9. The summed E-state index contributed by atoms with van der Waals surface area (Å²) in [5.74, 6) is 1.16. The molecular formula is C22H22N2O3. The average molecular weight is 362 g/mol. The molecule has 0 fully saturated rings. The van der Waals surface area contributed by atoms with E-state index >= 15 is 0 Å². The molecule has 1 N–H and O–H groups in total. The molecule has 0 aliphatic rings. The van der Waals surface area contributed by atoms with Crippen molar-refractivity contribution in [3.05, 3.63) is 71.8 Å². The van der Waals surface area contributed by atoms with Crippen LogP contribution in [0.15, 0.2) is 65.8 Å². The molecule has 0 aliphatic carbocycles. The van der Waals surface area contributed by atoms with Gasteiger partial charge in [-0.25, -0.2) is 5.43 Å². The second-order valence-electron chi connectivity index (χ2n) is 5.97. The first-order chi connectivity index (χ1) is 13.2. The van der Waals surface area contributed by atoms with Crippen molar-refractivity contribution in [3.63, 3.8) is 0 Å². The fraction of sp³-hybridized carbons (Fsp3) is 0.182. The minimum atomic E-state index is -0.287. The van der Waals surface area contributed by atoms with Crippen molar-refractivity contribution >= 4 is 22.9 Å². The van der Waals surface area contributed by atoms with E-state index in [1.54, 1.807) is 37.6 Å². The molecule has 3 aromatic rings. The lowest BCUT2D eigenvalue weighted by Gasteiger charge is -2.11. The Morgan fingerprint density at radius 3 is 2.59 bits per heavy atom. The number of carbonyl (C=O) groups is 1. The highest BCUT2D eigenvalue weighted by Crippen LogP contribution is 2.26. The lowest BCUT2D eigenvalue weighted by Crippen LogP contribution is -2.17. The van der Waals surface area contributed by atoms with Gasteiger partial charge in [0.2, 0.25) is 0 Å². The lowest BCUT2D eigenvalue weighted by molar-refractivity contribution is 0.0955. The number of hydrogen-bond acceptors (Lipinski definition) is 4. The first-order valence-corrected chi connectivity index (χ1v) is 8.85. The number of fused-ring (bicyclic) bond motifs is 1. The van der Waals surface area contributed by atoms with Crippen LogP contribution in [0.5, 0.6) is 11.5 Å². The number of rotatable bonds is 7. The fourth-order valence-electron chi connectivity index (χ4n) is 2.71. The Bertz CT molecular complexity index is 949. The second kappa shape index (κ2) is 8.85. The summed E-state index contributed by atoms with van der Waals surface area (Å²) in [6.45, 7) is 2.68. The van der Waals surface area contributed by atoms with Gasteiger partial charge in [-0.3, -0.25) is 4.79 Å². The van der Waals surface area contributed by atoms with Gasteiger partial charge in [0, 0.05) is 11.1 Å². The number of methoxy groups -OCH3 is 1. The summed E-state index contributed by atoms with van der Waals surface area (Å²) in [7, 11) is 1.59. The fourth-order valence-corrected chi connectivity index (χ4v) is 2.71. The smallest absolute Gasteiger partial charge is 0.271 e. The molecule has 27 heavy (non-hydrogen) atoms. The van der Waals surface area contributed by atoms with E-state index in [1.165, 1.54) is 0 Å². The first kappa shape index (κ1) is 18.5.